The van der Waals surface area contributed by atoms with Crippen molar-refractivity contribution in [3.63, 3.8) is 0 Å². The lowest BCUT2D eigenvalue weighted by Crippen LogP contribution is -2.42. The SMILES string of the molecule is COc1ccc(N[C@@H]2CCCC[C@H]2N)nc1. The Hall–Kier alpha value is -1.29. The summed E-state index contributed by atoms with van der Waals surface area (Å²) in [6.07, 6.45) is 6.45. The highest BCUT2D eigenvalue weighted by atomic mass is 16.5. The van der Waals surface area contributed by atoms with Crippen LogP contribution in [0.3, 0.4) is 0 Å². The first kappa shape index (κ1) is 11.2. The zero-order valence-corrected chi connectivity index (χ0v) is 9.65. The van der Waals surface area contributed by atoms with E-state index in [-0.39, 0.29) is 6.04 Å². The molecule has 0 aromatic carbocycles. The Morgan fingerprint density at radius 3 is 2.81 bits per heavy atom. The first-order valence-electron chi connectivity index (χ1n) is 5.82. The van der Waals surface area contributed by atoms with Gasteiger partial charge in [0.25, 0.3) is 0 Å². The Bertz CT molecular complexity index is 326. The normalized spacial score (nSPS) is 25.1. The minimum absolute atomic E-state index is 0.248. The zero-order chi connectivity index (χ0) is 11.4. The van der Waals surface area contributed by atoms with Crippen LogP contribution in [0.1, 0.15) is 25.7 Å². The molecule has 1 heterocycles. The van der Waals surface area contributed by atoms with Crippen molar-refractivity contribution in [3.05, 3.63) is 18.3 Å². The van der Waals surface area contributed by atoms with E-state index in [1.165, 1.54) is 12.8 Å². The fraction of sp³-hybridized carbons (Fsp3) is 0.583. The molecular formula is C12H19N3O. The molecule has 3 N–H and O–H groups in total. The molecule has 0 amide bonds. The maximum atomic E-state index is 6.07. The summed E-state index contributed by atoms with van der Waals surface area (Å²) in [6, 6.07) is 4.44. The van der Waals surface area contributed by atoms with Crippen LogP contribution in [-0.2, 0) is 0 Å². The van der Waals surface area contributed by atoms with Crippen LogP contribution in [0.25, 0.3) is 0 Å². The number of anilines is 1. The van der Waals surface area contributed by atoms with Gasteiger partial charge in [-0.15, -0.1) is 0 Å². The molecule has 2 rings (SSSR count). The molecule has 4 nitrogen and oxygen atoms in total. The van der Waals surface area contributed by atoms with Crippen LogP contribution in [0.4, 0.5) is 5.82 Å². The van der Waals surface area contributed by atoms with Gasteiger partial charge < -0.3 is 15.8 Å². The van der Waals surface area contributed by atoms with Gasteiger partial charge in [0.05, 0.1) is 13.3 Å². The van der Waals surface area contributed by atoms with Gasteiger partial charge in [0, 0.05) is 12.1 Å². The number of hydrogen-bond donors (Lipinski definition) is 2. The lowest BCUT2D eigenvalue weighted by atomic mass is 9.91. The lowest BCUT2D eigenvalue weighted by molar-refractivity contribution is 0.402. The van der Waals surface area contributed by atoms with Gasteiger partial charge in [-0.3, -0.25) is 0 Å². The molecule has 88 valence electrons. The van der Waals surface area contributed by atoms with E-state index < -0.39 is 0 Å². The molecule has 0 spiro atoms. The van der Waals surface area contributed by atoms with Gasteiger partial charge in [-0.25, -0.2) is 4.98 Å². The minimum atomic E-state index is 0.248. The van der Waals surface area contributed by atoms with Crippen molar-refractivity contribution in [2.24, 2.45) is 5.73 Å². The summed E-state index contributed by atoms with van der Waals surface area (Å²) in [6.45, 7) is 0. The van der Waals surface area contributed by atoms with Crippen molar-refractivity contribution in [1.82, 2.24) is 4.98 Å². The smallest absolute Gasteiger partial charge is 0.137 e. The Labute approximate surface area is 96.2 Å². The van der Waals surface area contributed by atoms with Crippen molar-refractivity contribution in [3.8, 4) is 5.75 Å². The van der Waals surface area contributed by atoms with Crippen LogP contribution in [0.15, 0.2) is 18.3 Å². The molecule has 2 atom stereocenters. The summed E-state index contributed by atoms with van der Waals surface area (Å²) in [5.74, 6) is 1.65. The molecule has 0 saturated heterocycles. The second-order valence-electron chi connectivity index (χ2n) is 4.28. The fourth-order valence-electron chi connectivity index (χ4n) is 2.12. The van der Waals surface area contributed by atoms with Crippen molar-refractivity contribution >= 4 is 5.82 Å². The first-order valence-corrected chi connectivity index (χ1v) is 5.82. The summed E-state index contributed by atoms with van der Waals surface area (Å²) in [5.41, 5.74) is 6.07. The molecule has 4 heteroatoms. The van der Waals surface area contributed by atoms with Gasteiger partial charge in [-0.1, -0.05) is 12.8 Å². The van der Waals surface area contributed by atoms with E-state index in [9.17, 15) is 0 Å². The number of pyridine rings is 1. The van der Waals surface area contributed by atoms with Crippen molar-refractivity contribution in [2.75, 3.05) is 12.4 Å². The summed E-state index contributed by atoms with van der Waals surface area (Å²) < 4.78 is 5.07. The quantitative estimate of drug-likeness (QED) is 0.816. The highest BCUT2D eigenvalue weighted by Crippen LogP contribution is 2.20. The van der Waals surface area contributed by atoms with Gasteiger partial charge >= 0.3 is 0 Å². The zero-order valence-electron chi connectivity index (χ0n) is 9.65. The molecular weight excluding hydrogens is 202 g/mol. The summed E-state index contributed by atoms with van der Waals surface area (Å²) in [5, 5.41) is 3.39. The van der Waals surface area contributed by atoms with Crippen LogP contribution in [-0.4, -0.2) is 24.2 Å². The second-order valence-corrected chi connectivity index (χ2v) is 4.28. The Morgan fingerprint density at radius 1 is 1.38 bits per heavy atom. The molecule has 0 unspecified atom stereocenters. The molecule has 16 heavy (non-hydrogen) atoms. The summed E-state index contributed by atoms with van der Waals surface area (Å²) >= 11 is 0. The highest BCUT2D eigenvalue weighted by Gasteiger charge is 2.21. The van der Waals surface area contributed by atoms with Crippen molar-refractivity contribution < 1.29 is 4.74 Å². The summed E-state index contributed by atoms with van der Waals surface area (Å²) in [7, 11) is 1.64. The predicted molar refractivity (Wildman–Crippen MR) is 64.6 cm³/mol. The number of nitrogens with zero attached hydrogens (tertiary/aromatic N) is 1. The van der Waals surface area contributed by atoms with E-state index in [1.54, 1.807) is 13.3 Å². The van der Waals surface area contributed by atoms with Gasteiger partial charge in [-0.2, -0.15) is 0 Å². The van der Waals surface area contributed by atoms with E-state index in [1.807, 2.05) is 12.1 Å². The van der Waals surface area contributed by atoms with Gasteiger partial charge in [0.2, 0.25) is 0 Å². The molecule has 1 saturated carbocycles. The average Bonchev–Trinajstić information content (AvgIpc) is 2.33. The number of rotatable bonds is 3. The topological polar surface area (TPSA) is 60.2 Å². The van der Waals surface area contributed by atoms with Crippen LogP contribution in [0.2, 0.25) is 0 Å². The van der Waals surface area contributed by atoms with E-state index in [0.717, 1.165) is 24.4 Å². The average molecular weight is 221 g/mol. The van der Waals surface area contributed by atoms with Crippen LogP contribution in [0.5, 0.6) is 5.75 Å². The fourth-order valence-corrected chi connectivity index (χ4v) is 2.12. The number of nitrogens with two attached hydrogens (primary N) is 1. The number of methoxy groups -OCH3 is 1. The van der Waals surface area contributed by atoms with E-state index in [2.05, 4.69) is 10.3 Å². The lowest BCUT2D eigenvalue weighted by Gasteiger charge is -2.29. The van der Waals surface area contributed by atoms with Crippen molar-refractivity contribution in [1.29, 1.82) is 0 Å². The highest BCUT2D eigenvalue weighted by molar-refractivity contribution is 5.38. The van der Waals surface area contributed by atoms with Crippen molar-refractivity contribution in [2.45, 2.75) is 37.8 Å². The number of nitrogens with one attached hydrogen (secondary N) is 1. The standard InChI is InChI=1S/C12H19N3O/c1-16-9-6-7-12(14-8-9)15-11-5-3-2-4-10(11)13/h6-8,10-11H,2-5,13H2,1H3,(H,14,15)/t10-,11-/m1/s1. The molecule has 0 bridgehead atoms. The van der Waals surface area contributed by atoms with E-state index in [0.29, 0.717) is 6.04 Å². The molecule has 0 aliphatic heterocycles. The monoisotopic (exact) mass is 221 g/mol. The van der Waals surface area contributed by atoms with Gasteiger partial charge in [-0.05, 0) is 25.0 Å². The molecule has 1 aliphatic carbocycles. The van der Waals surface area contributed by atoms with Crippen LogP contribution < -0.4 is 15.8 Å². The first-order chi connectivity index (χ1) is 7.79. The van der Waals surface area contributed by atoms with Crippen LogP contribution >= 0.6 is 0 Å². The van der Waals surface area contributed by atoms with Gasteiger partial charge in [0.15, 0.2) is 0 Å². The summed E-state index contributed by atoms with van der Waals surface area (Å²) in [4.78, 5) is 4.29. The molecule has 0 radical (unpaired) electrons. The number of hydrogen-bond acceptors (Lipinski definition) is 4. The van der Waals surface area contributed by atoms with E-state index in [4.69, 9.17) is 10.5 Å². The largest absolute Gasteiger partial charge is 0.495 e. The second kappa shape index (κ2) is 5.16. The predicted octanol–water partition coefficient (Wildman–Crippen LogP) is 1.77. The Balaban J connectivity index is 1.96. The molecule has 1 aromatic rings. The Morgan fingerprint density at radius 2 is 2.19 bits per heavy atom. The third-order valence-corrected chi connectivity index (χ3v) is 3.12. The maximum Gasteiger partial charge on any atom is 0.137 e. The number of aromatic nitrogens is 1. The molecule has 1 aromatic heterocycles. The third kappa shape index (κ3) is 2.64. The van der Waals surface area contributed by atoms with E-state index >= 15 is 0 Å². The third-order valence-electron chi connectivity index (χ3n) is 3.12. The van der Waals surface area contributed by atoms with Gasteiger partial charge in [0.1, 0.15) is 11.6 Å². The van der Waals surface area contributed by atoms with Crippen LogP contribution in [0, 0.1) is 0 Å². The maximum absolute atomic E-state index is 6.07. The molecule has 1 fully saturated rings. The Kier molecular flexibility index (Phi) is 3.62. The number of ether oxygens (including phenoxy) is 1. The minimum Gasteiger partial charge on any atom is -0.495 e. The molecule has 1 aliphatic rings.